The Kier molecular flexibility index (Phi) is 5.06. The number of thiophene rings is 1. The summed E-state index contributed by atoms with van der Waals surface area (Å²) in [6, 6.07) is 2.34. The van der Waals surface area contributed by atoms with E-state index in [9.17, 15) is 4.79 Å². The highest BCUT2D eigenvalue weighted by atomic mass is 32.1. The van der Waals surface area contributed by atoms with Crippen LogP contribution in [-0.2, 0) is 11.3 Å². The van der Waals surface area contributed by atoms with Crippen molar-refractivity contribution in [2.24, 2.45) is 5.73 Å². The quantitative estimate of drug-likeness (QED) is 0.892. The van der Waals surface area contributed by atoms with Crippen LogP contribution in [0.4, 0.5) is 0 Å². The Morgan fingerprint density at radius 1 is 1.48 bits per heavy atom. The molecule has 1 saturated heterocycles. The van der Waals surface area contributed by atoms with E-state index in [1.807, 2.05) is 11.4 Å². The third kappa shape index (κ3) is 3.94. The van der Waals surface area contributed by atoms with Crippen molar-refractivity contribution in [3.8, 4) is 0 Å². The molecule has 2 aliphatic rings. The molecular weight excluding hydrogens is 310 g/mol. The van der Waals surface area contributed by atoms with E-state index in [2.05, 4.69) is 23.9 Å². The highest BCUT2D eigenvalue weighted by Crippen LogP contribution is 2.38. The van der Waals surface area contributed by atoms with E-state index in [-0.39, 0.29) is 11.5 Å². The van der Waals surface area contributed by atoms with Crippen LogP contribution in [0, 0.1) is 0 Å². The Hall–Kier alpha value is -0.950. The van der Waals surface area contributed by atoms with E-state index in [0.29, 0.717) is 11.6 Å². The van der Waals surface area contributed by atoms with Crippen molar-refractivity contribution in [1.29, 1.82) is 0 Å². The molecule has 2 N–H and O–H groups in total. The molecule has 6 heteroatoms. The average Bonchev–Trinajstić information content (AvgIpc) is 3.12. The molecule has 1 unspecified atom stereocenters. The van der Waals surface area contributed by atoms with Crippen molar-refractivity contribution in [1.82, 2.24) is 9.80 Å². The number of nitrogens with zero attached hydrogens (tertiary/aromatic N) is 2. The molecule has 3 rings (SSSR count). The van der Waals surface area contributed by atoms with Gasteiger partial charge in [-0.1, -0.05) is 12.8 Å². The van der Waals surface area contributed by atoms with E-state index >= 15 is 0 Å². The predicted molar refractivity (Wildman–Crippen MR) is 92.7 cm³/mol. The van der Waals surface area contributed by atoms with Gasteiger partial charge in [-0.15, -0.1) is 11.3 Å². The number of primary amides is 1. The van der Waals surface area contributed by atoms with Crippen LogP contribution >= 0.6 is 11.3 Å². The van der Waals surface area contributed by atoms with Gasteiger partial charge in [0.2, 0.25) is 5.91 Å². The molecule has 2 fully saturated rings. The first-order valence-electron chi connectivity index (χ1n) is 8.37. The zero-order chi connectivity index (χ0) is 16.4. The largest absolute Gasteiger partial charge is 0.372 e. The number of carbonyl (C=O) groups is 1. The molecule has 128 valence electrons. The summed E-state index contributed by atoms with van der Waals surface area (Å²) < 4.78 is 6.31. The summed E-state index contributed by atoms with van der Waals surface area (Å²) in [4.78, 5) is 17.3. The second-order valence-electron chi connectivity index (χ2n) is 7.19. The minimum absolute atomic E-state index is 0.0621. The number of rotatable bonds is 5. The lowest BCUT2D eigenvalue weighted by atomic mass is 9.97. The predicted octanol–water partition coefficient (Wildman–Crippen LogP) is 1.92. The molecule has 1 aromatic heterocycles. The first-order valence-corrected chi connectivity index (χ1v) is 9.25. The van der Waals surface area contributed by atoms with Crippen molar-refractivity contribution in [2.75, 3.05) is 33.8 Å². The van der Waals surface area contributed by atoms with Crippen molar-refractivity contribution >= 4 is 17.2 Å². The Bertz CT molecular complexity index is 552. The molecule has 1 aliphatic carbocycles. The highest BCUT2D eigenvalue weighted by molar-refractivity contribution is 7.10. The van der Waals surface area contributed by atoms with Crippen LogP contribution in [0.5, 0.6) is 0 Å². The zero-order valence-corrected chi connectivity index (χ0v) is 14.9. The number of hydrogen-bond acceptors (Lipinski definition) is 5. The minimum Gasteiger partial charge on any atom is -0.372 e. The van der Waals surface area contributed by atoms with E-state index < -0.39 is 0 Å². The minimum atomic E-state index is -0.341. The van der Waals surface area contributed by atoms with Gasteiger partial charge in [0, 0.05) is 35.9 Å². The first kappa shape index (κ1) is 16.9. The summed E-state index contributed by atoms with van der Waals surface area (Å²) in [6.45, 7) is 3.66. The fourth-order valence-corrected chi connectivity index (χ4v) is 4.71. The van der Waals surface area contributed by atoms with E-state index in [0.717, 1.165) is 26.2 Å². The molecule has 5 nitrogen and oxygen atoms in total. The maximum absolute atomic E-state index is 11.3. The molecule has 1 aliphatic heterocycles. The maximum atomic E-state index is 11.3. The van der Waals surface area contributed by atoms with Gasteiger partial charge in [-0.2, -0.15) is 0 Å². The van der Waals surface area contributed by atoms with Gasteiger partial charge in [0.05, 0.1) is 17.8 Å². The third-order valence-corrected chi connectivity index (χ3v) is 5.90. The molecule has 1 saturated carbocycles. The molecule has 2 heterocycles. The van der Waals surface area contributed by atoms with Crippen LogP contribution in [0.1, 0.15) is 40.9 Å². The second kappa shape index (κ2) is 6.89. The SMILES string of the molecule is CN(C)CC1COC2(CCCC2)CN1Cc1cc(C(N)=O)cs1. The summed E-state index contributed by atoms with van der Waals surface area (Å²) in [7, 11) is 4.21. The van der Waals surface area contributed by atoms with Gasteiger partial charge in [0.15, 0.2) is 0 Å². The maximum Gasteiger partial charge on any atom is 0.249 e. The number of likely N-dealkylation sites (N-methyl/N-ethyl adjacent to an activating group) is 1. The van der Waals surface area contributed by atoms with Crippen LogP contribution < -0.4 is 5.73 Å². The number of morpholine rings is 1. The monoisotopic (exact) mass is 337 g/mol. The van der Waals surface area contributed by atoms with Gasteiger partial charge < -0.3 is 15.4 Å². The fraction of sp³-hybridized carbons (Fsp3) is 0.706. The number of hydrogen-bond donors (Lipinski definition) is 1. The third-order valence-electron chi connectivity index (χ3n) is 4.98. The fourth-order valence-electron chi connectivity index (χ4n) is 3.81. The average molecular weight is 337 g/mol. The summed E-state index contributed by atoms with van der Waals surface area (Å²) in [5.41, 5.74) is 6.06. The number of nitrogens with two attached hydrogens (primary N) is 1. The Morgan fingerprint density at radius 2 is 2.22 bits per heavy atom. The number of amides is 1. The highest BCUT2D eigenvalue weighted by Gasteiger charge is 2.42. The second-order valence-corrected chi connectivity index (χ2v) is 8.18. The summed E-state index contributed by atoms with van der Waals surface area (Å²) in [5, 5.41) is 1.87. The Morgan fingerprint density at radius 3 is 2.83 bits per heavy atom. The number of carbonyl (C=O) groups excluding carboxylic acids is 1. The number of ether oxygens (including phenoxy) is 1. The Balaban J connectivity index is 1.73. The van der Waals surface area contributed by atoms with Gasteiger partial charge in [0.25, 0.3) is 0 Å². The van der Waals surface area contributed by atoms with Gasteiger partial charge in [-0.25, -0.2) is 0 Å². The lowest BCUT2D eigenvalue weighted by molar-refractivity contribution is -0.135. The van der Waals surface area contributed by atoms with Crippen LogP contribution in [0.2, 0.25) is 0 Å². The molecule has 1 spiro atoms. The normalized spacial score (nSPS) is 24.6. The van der Waals surface area contributed by atoms with Crippen LogP contribution in [0.15, 0.2) is 11.4 Å². The molecule has 23 heavy (non-hydrogen) atoms. The lowest BCUT2D eigenvalue weighted by Crippen LogP contribution is -2.57. The molecule has 1 amide bonds. The Labute approximate surface area is 142 Å². The van der Waals surface area contributed by atoms with Gasteiger partial charge >= 0.3 is 0 Å². The standard InChI is InChI=1S/C17H27N3O2S/c1-19(2)8-14-10-22-17(5-3-4-6-17)12-20(14)9-15-7-13(11-23-15)16(18)21/h7,11,14H,3-6,8-10,12H2,1-2H3,(H2,18,21). The smallest absolute Gasteiger partial charge is 0.249 e. The molecule has 0 bridgehead atoms. The van der Waals surface area contributed by atoms with Crippen molar-refractivity contribution < 1.29 is 9.53 Å². The van der Waals surface area contributed by atoms with Gasteiger partial charge in [-0.05, 0) is 33.0 Å². The topological polar surface area (TPSA) is 58.8 Å². The van der Waals surface area contributed by atoms with E-state index in [1.165, 1.54) is 30.6 Å². The molecule has 1 aromatic rings. The molecule has 1 atom stereocenters. The molecular formula is C17H27N3O2S. The van der Waals surface area contributed by atoms with E-state index in [1.54, 1.807) is 11.3 Å². The van der Waals surface area contributed by atoms with Gasteiger partial charge in [-0.3, -0.25) is 9.69 Å². The van der Waals surface area contributed by atoms with Gasteiger partial charge in [0.1, 0.15) is 0 Å². The van der Waals surface area contributed by atoms with Crippen molar-refractivity contribution in [3.05, 3.63) is 21.9 Å². The van der Waals surface area contributed by atoms with Crippen molar-refractivity contribution in [2.45, 2.75) is 43.9 Å². The van der Waals surface area contributed by atoms with Crippen molar-refractivity contribution in [3.63, 3.8) is 0 Å². The molecule has 0 aromatic carbocycles. The first-order chi connectivity index (χ1) is 11.0. The van der Waals surface area contributed by atoms with Crippen LogP contribution in [0.3, 0.4) is 0 Å². The summed E-state index contributed by atoms with van der Waals surface area (Å²) in [6.07, 6.45) is 4.90. The van der Waals surface area contributed by atoms with E-state index in [4.69, 9.17) is 10.5 Å². The van der Waals surface area contributed by atoms with Crippen LogP contribution in [0.25, 0.3) is 0 Å². The lowest BCUT2D eigenvalue weighted by Gasteiger charge is -2.46. The summed E-state index contributed by atoms with van der Waals surface area (Å²) >= 11 is 1.63. The summed E-state index contributed by atoms with van der Waals surface area (Å²) in [5.74, 6) is -0.341. The molecule has 0 radical (unpaired) electrons. The van der Waals surface area contributed by atoms with Crippen LogP contribution in [-0.4, -0.2) is 61.1 Å². The zero-order valence-electron chi connectivity index (χ0n) is 14.1.